The van der Waals surface area contributed by atoms with Crippen molar-refractivity contribution in [3.8, 4) is 0 Å². The van der Waals surface area contributed by atoms with Crippen LogP contribution >= 0.6 is 35.6 Å². The highest BCUT2D eigenvalue weighted by molar-refractivity contribution is 6.43. The molecule has 1 aliphatic heterocycles. The van der Waals surface area contributed by atoms with Gasteiger partial charge in [0.2, 0.25) is 0 Å². The first kappa shape index (κ1) is 17.4. The van der Waals surface area contributed by atoms with Crippen LogP contribution in [0.15, 0.2) is 18.2 Å². The molecule has 0 aromatic heterocycles. The van der Waals surface area contributed by atoms with Crippen LogP contribution in [0.2, 0.25) is 10.0 Å². The van der Waals surface area contributed by atoms with E-state index in [0.29, 0.717) is 16.6 Å². The van der Waals surface area contributed by atoms with Crippen molar-refractivity contribution in [1.29, 1.82) is 0 Å². The minimum atomic E-state index is -0.750. The minimum Gasteiger partial charge on any atom is -0.481 e. The van der Waals surface area contributed by atoms with Gasteiger partial charge in [-0.3, -0.25) is 9.69 Å². The number of anilines is 1. The van der Waals surface area contributed by atoms with Crippen LogP contribution in [-0.4, -0.2) is 48.7 Å². The molecular formula is C13H17Cl3N2O2. The van der Waals surface area contributed by atoms with Crippen LogP contribution in [0.1, 0.15) is 6.42 Å². The van der Waals surface area contributed by atoms with E-state index in [1.165, 1.54) is 0 Å². The Hall–Kier alpha value is -0.680. The number of halogens is 3. The monoisotopic (exact) mass is 338 g/mol. The molecule has 0 atom stereocenters. The number of rotatable bonds is 4. The molecule has 1 saturated heterocycles. The molecule has 0 spiro atoms. The average Bonchev–Trinajstić information content (AvgIpc) is 2.40. The third-order valence-electron chi connectivity index (χ3n) is 3.29. The number of benzene rings is 1. The summed E-state index contributed by atoms with van der Waals surface area (Å²) >= 11 is 12.2. The van der Waals surface area contributed by atoms with Crippen molar-refractivity contribution in [3.63, 3.8) is 0 Å². The van der Waals surface area contributed by atoms with Crippen LogP contribution in [0.5, 0.6) is 0 Å². The number of piperazine rings is 1. The molecule has 7 heteroatoms. The zero-order chi connectivity index (χ0) is 13.8. The summed E-state index contributed by atoms with van der Waals surface area (Å²) in [6.45, 7) is 3.96. The van der Waals surface area contributed by atoms with Gasteiger partial charge in [0.25, 0.3) is 0 Å². The number of hydrogen-bond acceptors (Lipinski definition) is 3. The van der Waals surface area contributed by atoms with Crippen molar-refractivity contribution in [1.82, 2.24) is 4.90 Å². The first-order chi connectivity index (χ1) is 9.08. The summed E-state index contributed by atoms with van der Waals surface area (Å²) in [5.74, 6) is -0.750. The molecule has 0 bridgehead atoms. The van der Waals surface area contributed by atoms with Gasteiger partial charge >= 0.3 is 5.97 Å². The number of nitrogens with zero attached hydrogens (tertiary/aromatic N) is 2. The Morgan fingerprint density at radius 1 is 1.20 bits per heavy atom. The van der Waals surface area contributed by atoms with Gasteiger partial charge in [-0.1, -0.05) is 29.3 Å². The number of aliphatic carboxylic acids is 1. The Morgan fingerprint density at radius 3 is 2.45 bits per heavy atom. The molecular weight excluding hydrogens is 323 g/mol. The van der Waals surface area contributed by atoms with Gasteiger partial charge in [0.05, 0.1) is 22.2 Å². The van der Waals surface area contributed by atoms with Gasteiger partial charge in [0.1, 0.15) is 0 Å². The Labute approximate surface area is 134 Å². The number of carboxylic acids is 1. The predicted molar refractivity (Wildman–Crippen MR) is 84.6 cm³/mol. The van der Waals surface area contributed by atoms with Crippen LogP contribution < -0.4 is 4.90 Å². The van der Waals surface area contributed by atoms with E-state index in [1.54, 1.807) is 6.07 Å². The quantitative estimate of drug-likeness (QED) is 0.916. The van der Waals surface area contributed by atoms with Crippen LogP contribution in [0, 0.1) is 0 Å². The fraction of sp³-hybridized carbons (Fsp3) is 0.462. The Bertz CT molecular complexity index is 463. The largest absolute Gasteiger partial charge is 0.481 e. The minimum absolute atomic E-state index is 0. The molecule has 0 aliphatic carbocycles. The molecule has 0 radical (unpaired) electrons. The van der Waals surface area contributed by atoms with Crippen molar-refractivity contribution in [3.05, 3.63) is 28.2 Å². The summed E-state index contributed by atoms with van der Waals surface area (Å²) < 4.78 is 0. The van der Waals surface area contributed by atoms with E-state index >= 15 is 0 Å². The summed E-state index contributed by atoms with van der Waals surface area (Å²) in [6, 6.07) is 5.62. The lowest BCUT2D eigenvalue weighted by molar-refractivity contribution is -0.137. The van der Waals surface area contributed by atoms with Crippen molar-refractivity contribution in [2.45, 2.75) is 6.42 Å². The van der Waals surface area contributed by atoms with Gasteiger partial charge in [-0.15, -0.1) is 12.4 Å². The third kappa shape index (κ3) is 4.42. The van der Waals surface area contributed by atoms with Crippen LogP contribution in [-0.2, 0) is 4.79 Å². The second-order valence-corrected chi connectivity index (χ2v) is 5.33. The maximum atomic E-state index is 10.5. The van der Waals surface area contributed by atoms with Gasteiger partial charge in [0.15, 0.2) is 0 Å². The van der Waals surface area contributed by atoms with Gasteiger partial charge in [0, 0.05) is 32.7 Å². The molecule has 1 aromatic carbocycles. The lowest BCUT2D eigenvalue weighted by atomic mass is 10.2. The van der Waals surface area contributed by atoms with Crippen LogP contribution in [0.4, 0.5) is 5.69 Å². The SMILES string of the molecule is Cl.O=C(O)CCN1CCN(c2cccc(Cl)c2Cl)CC1. The second-order valence-electron chi connectivity index (χ2n) is 4.55. The maximum absolute atomic E-state index is 10.5. The van der Waals surface area contributed by atoms with E-state index in [0.717, 1.165) is 31.9 Å². The topological polar surface area (TPSA) is 43.8 Å². The fourth-order valence-electron chi connectivity index (χ4n) is 2.20. The first-order valence-electron chi connectivity index (χ1n) is 6.21. The average molecular weight is 340 g/mol. The molecule has 2 rings (SSSR count). The normalized spacial score (nSPS) is 15.8. The number of hydrogen-bond donors (Lipinski definition) is 1. The molecule has 4 nitrogen and oxygen atoms in total. The highest BCUT2D eigenvalue weighted by Gasteiger charge is 2.19. The van der Waals surface area contributed by atoms with Crippen molar-refractivity contribution < 1.29 is 9.90 Å². The van der Waals surface area contributed by atoms with Gasteiger partial charge in [-0.25, -0.2) is 0 Å². The van der Waals surface area contributed by atoms with Gasteiger partial charge in [-0.05, 0) is 12.1 Å². The molecule has 0 unspecified atom stereocenters. The molecule has 0 amide bonds. The molecule has 1 N–H and O–H groups in total. The van der Waals surface area contributed by atoms with Crippen molar-refractivity contribution >= 4 is 47.3 Å². The molecule has 0 saturated carbocycles. The summed E-state index contributed by atoms with van der Waals surface area (Å²) in [5, 5.41) is 9.82. The Kier molecular flexibility index (Phi) is 6.89. The highest BCUT2D eigenvalue weighted by atomic mass is 35.5. The molecule has 1 aromatic rings. The Balaban J connectivity index is 0.00000200. The molecule has 1 heterocycles. The fourth-order valence-corrected chi connectivity index (χ4v) is 2.62. The Morgan fingerprint density at radius 2 is 1.85 bits per heavy atom. The second kappa shape index (κ2) is 7.93. The lowest BCUT2D eigenvalue weighted by Crippen LogP contribution is -2.47. The van der Waals surface area contributed by atoms with Gasteiger partial charge in [-0.2, -0.15) is 0 Å². The zero-order valence-corrected chi connectivity index (χ0v) is 13.2. The van der Waals surface area contributed by atoms with E-state index < -0.39 is 5.97 Å². The maximum Gasteiger partial charge on any atom is 0.304 e. The predicted octanol–water partition coefficient (Wildman–Crippen LogP) is 3.01. The number of carboxylic acid groups (broad SMARTS) is 1. The van der Waals surface area contributed by atoms with Crippen LogP contribution in [0.25, 0.3) is 0 Å². The summed E-state index contributed by atoms with van der Waals surface area (Å²) in [7, 11) is 0. The van der Waals surface area contributed by atoms with Crippen molar-refractivity contribution in [2.24, 2.45) is 0 Å². The molecule has 20 heavy (non-hydrogen) atoms. The van der Waals surface area contributed by atoms with Gasteiger partial charge < -0.3 is 10.0 Å². The third-order valence-corrected chi connectivity index (χ3v) is 4.10. The van der Waals surface area contributed by atoms with E-state index in [4.69, 9.17) is 28.3 Å². The van der Waals surface area contributed by atoms with E-state index in [2.05, 4.69) is 9.80 Å². The molecule has 1 aliphatic rings. The van der Waals surface area contributed by atoms with E-state index in [9.17, 15) is 4.79 Å². The summed E-state index contributed by atoms with van der Waals surface area (Å²) in [6.07, 6.45) is 0.192. The zero-order valence-electron chi connectivity index (χ0n) is 10.9. The van der Waals surface area contributed by atoms with E-state index in [-0.39, 0.29) is 18.8 Å². The standard InChI is InChI=1S/C13H16Cl2N2O2.ClH/c14-10-2-1-3-11(13(10)15)17-8-6-16(7-9-17)5-4-12(18)19;/h1-3H,4-9H2,(H,18,19);1H. The smallest absolute Gasteiger partial charge is 0.304 e. The molecule has 1 fully saturated rings. The lowest BCUT2D eigenvalue weighted by Gasteiger charge is -2.36. The van der Waals surface area contributed by atoms with Crippen LogP contribution in [0.3, 0.4) is 0 Å². The summed E-state index contributed by atoms with van der Waals surface area (Å²) in [5.41, 5.74) is 0.951. The number of carbonyl (C=O) groups is 1. The summed E-state index contributed by atoms with van der Waals surface area (Å²) in [4.78, 5) is 14.9. The first-order valence-corrected chi connectivity index (χ1v) is 6.96. The van der Waals surface area contributed by atoms with E-state index in [1.807, 2.05) is 12.1 Å². The van der Waals surface area contributed by atoms with Crippen molar-refractivity contribution in [2.75, 3.05) is 37.6 Å². The highest BCUT2D eigenvalue weighted by Crippen LogP contribution is 2.32. The molecule has 112 valence electrons.